The number of nitrogens with one attached hydrogen (secondary N) is 2. The lowest BCUT2D eigenvalue weighted by atomic mass is 9.88. The number of rotatable bonds is 39. The number of hydrogen-bond donors (Lipinski definition) is 4. The number of nitrogens with zero attached hydrogens (tertiary/aromatic N) is 2. The third-order valence-corrected chi connectivity index (χ3v) is 20.6. The van der Waals surface area contributed by atoms with Gasteiger partial charge in [0.1, 0.15) is 31.1 Å². The van der Waals surface area contributed by atoms with Crippen LogP contribution >= 0.6 is 0 Å². The summed E-state index contributed by atoms with van der Waals surface area (Å²) in [5, 5.41) is 25.0. The Labute approximate surface area is 687 Å². The van der Waals surface area contributed by atoms with Crippen LogP contribution in [0.25, 0.3) is 0 Å². The molecule has 0 aliphatic carbocycles. The molecule has 0 unspecified atom stereocenters. The molecule has 0 heterocycles. The van der Waals surface area contributed by atoms with Crippen molar-refractivity contribution in [3.8, 4) is 0 Å². The summed E-state index contributed by atoms with van der Waals surface area (Å²) in [6.45, 7) is 7.73. The Morgan fingerprint density at radius 1 is 0.316 bits per heavy atom. The maximum Gasteiger partial charge on any atom is 0.408 e. The predicted molar refractivity (Wildman–Crippen MR) is 455 cm³/mol. The van der Waals surface area contributed by atoms with Gasteiger partial charge in [0.05, 0.1) is 18.0 Å². The van der Waals surface area contributed by atoms with E-state index in [1.54, 1.807) is 7.05 Å². The molecule has 0 fully saturated rings. The number of ether oxygens (including phenoxy) is 2. The van der Waals surface area contributed by atoms with Crippen LogP contribution in [0.3, 0.4) is 0 Å². The van der Waals surface area contributed by atoms with Crippen LogP contribution < -0.4 is 10.6 Å². The maximum absolute atomic E-state index is 14.4. The number of alkyl carbamates (subject to hydrolysis) is 2. The molecule has 10 aromatic rings. The first-order chi connectivity index (χ1) is 56.3. The minimum Gasteiger partial charge on any atom is -0.518 e. The molecule has 0 radical (unpaired) electrons. The molecule has 0 aromatic heterocycles. The number of likely N-dealkylation sites (N-methyl/N-ethyl adjacent to an activating group) is 2. The number of carbonyl (C=O) groups is 10. The molecule has 8 atom stereocenters. The zero-order valence-corrected chi connectivity index (χ0v) is 68.3. The average molecular weight is 1600 g/mol. The van der Waals surface area contributed by atoms with E-state index < -0.39 is 86.2 Å². The quantitative estimate of drug-likeness (QED) is 0.0261. The molecule has 0 saturated carbocycles. The molecule has 4 amide bonds. The van der Waals surface area contributed by atoms with Crippen molar-refractivity contribution < 1.29 is 72.1 Å². The van der Waals surface area contributed by atoms with Crippen LogP contribution in [-0.4, -0.2) is 126 Å². The number of amides is 4. The summed E-state index contributed by atoms with van der Waals surface area (Å²) in [7, 11) is 0.782. The summed E-state index contributed by atoms with van der Waals surface area (Å²) in [6.07, 6.45) is 0.604. The van der Waals surface area contributed by atoms with Gasteiger partial charge in [-0.1, -0.05) is 310 Å². The van der Waals surface area contributed by atoms with E-state index in [9.17, 15) is 58.2 Å². The first-order valence-electron chi connectivity index (χ1n) is 39.4. The van der Waals surface area contributed by atoms with Crippen LogP contribution in [0, 0.1) is 23.7 Å². The third-order valence-electron chi connectivity index (χ3n) is 19.8. The standard InChI is InChI=1S/C40H46N2O6Si.C37H38N2O6.C20H22O3/c1-42(36(39(45)48-49(2,3)4)27-32-21-13-7-14-22-32)38(44)34(25-30-17-9-5-10-18-30)28-37(43)35(26-31-19-11-6-12-20-31)41-40(46)47-29-33-23-15-8-16-24-33;1-39(33(36(42)43)24-29-18-10-4-11-19-29)35(41)31(22-27-14-6-2-7-15-27)25-34(40)32(23-28-16-8-3-9-17-28)38-37(44)45-26-30-20-12-5-13-21-30;1-15(12-16-8-4-2-5-9-16)19(21)14-18(20(22)23)13-17-10-6-3-7-11-17/h5-24,34-36H,25-29H2,1-4H3,(H,41,46);2-21,31-33H,22-26H2,1H3,(H,38,44)(H,42,43);2-11,15,18H,12-14H2,1H3,(H,22,23)/t34-,35+,36+;31-,32+,33+;15-,18+/m110/s1. The summed E-state index contributed by atoms with van der Waals surface area (Å²) in [5.74, 6) is -6.47. The summed E-state index contributed by atoms with van der Waals surface area (Å²) in [4.78, 5) is 135. The SMILES string of the molecule is CN(C(=O)[C@@H](CC(=O)[C@H](Cc1ccccc1)NC(=O)OCc1ccccc1)Cc1ccccc1)[C@@H](Cc1ccccc1)C(=O)O.CN(C(=O)[C@@H](CC(=O)[C@H](Cc1ccccc1)NC(=O)OCc1ccccc1)Cc1ccccc1)[C@@H](Cc1ccccc1)C(=O)O[Si](C)(C)C.C[C@@H](Cc1ccccc1)C(=O)C[C@@H](Cc1ccccc1)C(=O)O. The van der Waals surface area contributed by atoms with E-state index in [-0.39, 0.29) is 100 Å². The number of ketones is 3. The molecule has 0 aliphatic heterocycles. The fourth-order valence-electron chi connectivity index (χ4n) is 13.4. The van der Waals surface area contributed by atoms with Gasteiger partial charge in [0.15, 0.2) is 11.6 Å². The molecular weight excluding hydrogens is 1490 g/mol. The molecule has 0 spiro atoms. The highest BCUT2D eigenvalue weighted by Gasteiger charge is 2.38. The second kappa shape index (κ2) is 47.2. The van der Waals surface area contributed by atoms with Crippen molar-refractivity contribution in [2.45, 2.75) is 135 Å². The van der Waals surface area contributed by atoms with Crippen molar-refractivity contribution >= 4 is 67.6 Å². The maximum atomic E-state index is 14.4. The van der Waals surface area contributed by atoms with Crippen LogP contribution in [0.2, 0.25) is 19.6 Å². The number of benzene rings is 10. The molecular formula is C97H106N4O15Si. The van der Waals surface area contributed by atoms with Crippen molar-refractivity contribution in [1.82, 2.24) is 20.4 Å². The molecule has 10 rings (SSSR count). The Kier molecular flexibility index (Phi) is 36.3. The van der Waals surface area contributed by atoms with Crippen molar-refractivity contribution in [2.24, 2.45) is 23.7 Å². The van der Waals surface area contributed by atoms with Gasteiger partial charge in [0, 0.05) is 64.0 Å². The summed E-state index contributed by atoms with van der Waals surface area (Å²) >= 11 is 0. The smallest absolute Gasteiger partial charge is 0.408 e. The van der Waals surface area contributed by atoms with Gasteiger partial charge in [0.25, 0.3) is 0 Å². The molecule has 117 heavy (non-hydrogen) atoms. The number of aliphatic carboxylic acids is 2. The van der Waals surface area contributed by atoms with E-state index in [0.717, 1.165) is 55.6 Å². The van der Waals surface area contributed by atoms with E-state index in [4.69, 9.17) is 13.9 Å². The molecule has 608 valence electrons. The summed E-state index contributed by atoms with van der Waals surface area (Å²) in [6, 6.07) is 89.9. The van der Waals surface area contributed by atoms with Gasteiger partial charge in [-0.25, -0.2) is 14.4 Å². The highest BCUT2D eigenvalue weighted by Crippen LogP contribution is 2.26. The van der Waals surface area contributed by atoms with E-state index in [2.05, 4.69) is 10.6 Å². The Bertz CT molecular complexity index is 4730. The van der Waals surface area contributed by atoms with Gasteiger partial charge < -0.3 is 44.5 Å². The van der Waals surface area contributed by atoms with Crippen molar-refractivity contribution in [3.05, 3.63) is 359 Å². The number of carbonyl (C=O) groups excluding carboxylic acids is 8. The number of carboxylic acid groups (broad SMARTS) is 2. The normalized spacial score (nSPS) is 12.9. The second-order valence-corrected chi connectivity index (χ2v) is 34.6. The summed E-state index contributed by atoms with van der Waals surface area (Å²) in [5.41, 5.74) is 8.73. The van der Waals surface area contributed by atoms with E-state index in [1.165, 1.54) is 16.8 Å². The van der Waals surface area contributed by atoms with Crippen LogP contribution in [0.1, 0.15) is 81.8 Å². The number of carboxylic acids is 2. The van der Waals surface area contributed by atoms with Gasteiger partial charge >= 0.3 is 30.1 Å². The van der Waals surface area contributed by atoms with Crippen molar-refractivity contribution in [2.75, 3.05) is 14.1 Å². The molecule has 0 saturated heterocycles. The fraction of sp³-hybridized carbons (Fsp3) is 0.278. The Balaban J connectivity index is 0.000000232. The Hall–Kier alpha value is -12.7. The lowest BCUT2D eigenvalue weighted by Crippen LogP contribution is -2.50. The Morgan fingerprint density at radius 3 is 0.855 bits per heavy atom. The summed E-state index contributed by atoms with van der Waals surface area (Å²) < 4.78 is 16.8. The molecule has 19 nitrogen and oxygen atoms in total. The number of hydrogen-bond acceptors (Lipinski definition) is 13. The zero-order chi connectivity index (χ0) is 83.9. The van der Waals surface area contributed by atoms with Gasteiger partial charge in [-0.05, 0) is 114 Å². The van der Waals surface area contributed by atoms with Crippen molar-refractivity contribution in [3.63, 3.8) is 0 Å². The average Bonchev–Trinajstić information content (AvgIpc) is 0.831. The Morgan fingerprint density at radius 2 is 0.564 bits per heavy atom. The van der Waals surface area contributed by atoms with Crippen LogP contribution in [0.4, 0.5) is 9.59 Å². The molecule has 20 heteroatoms. The molecule has 0 bridgehead atoms. The lowest BCUT2D eigenvalue weighted by Gasteiger charge is -2.32. The highest BCUT2D eigenvalue weighted by molar-refractivity contribution is 6.71. The van der Waals surface area contributed by atoms with E-state index in [1.807, 2.05) is 330 Å². The largest absolute Gasteiger partial charge is 0.518 e. The molecule has 4 N–H and O–H groups in total. The van der Waals surface area contributed by atoms with Gasteiger partial charge in [-0.3, -0.25) is 33.6 Å². The zero-order valence-electron chi connectivity index (χ0n) is 67.3. The second-order valence-electron chi connectivity index (χ2n) is 30.2. The van der Waals surface area contributed by atoms with Gasteiger partial charge in [-0.15, -0.1) is 0 Å². The van der Waals surface area contributed by atoms with Crippen LogP contribution in [-0.2, 0) is 117 Å². The number of Topliss-reactive ketones (excluding diaryl/α,β-unsaturated/α-hetero) is 3. The monoisotopic (exact) mass is 1590 g/mol. The van der Waals surface area contributed by atoms with Gasteiger partial charge in [-0.2, -0.15) is 0 Å². The minimum absolute atomic E-state index is 0.0113. The van der Waals surface area contributed by atoms with Gasteiger partial charge in [0.2, 0.25) is 20.1 Å². The van der Waals surface area contributed by atoms with Crippen molar-refractivity contribution in [1.29, 1.82) is 0 Å². The highest BCUT2D eigenvalue weighted by atomic mass is 28.4. The first kappa shape index (κ1) is 89.9. The first-order valence-corrected chi connectivity index (χ1v) is 42.8. The topological polar surface area (TPSA) is 269 Å². The van der Waals surface area contributed by atoms with E-state index >= 15 is 0 Å². The fourth-order valence-corrected chi connectivity index (χ4v) is 14.2. The molecule has 0 aliphatic rings. The van der Waals surface area contributed by atoms with E-state index in [0.29, 0.717) is 12.8 Å². The molecule has 10 aromatic carbocycles. The van der Waals surface area contributed by atoms with Crippen LogP contribution in [0.5, 0.6) is 0 Å². The minimum atomic E-state index is -2.29. The third kappa shape index (κ3) is 31.9. The van der Waals surface area contributed by atoms with Crippen LogP contribution in [0.15, 0.2) is 303 Å². The predicted octanol–water partition coefficient (Wildman–Crippen LogP) is 16.1. The lowest BCUT2D eigenvalue weighted by molar-refractivity contribution is -0.151.